The molecule has 0 saturated heterocycles. The molecule has 6 nitrogen and oxygen atoms in total. The van der Waals surface area contributed by atoms with Gasteiger partial charge in [-0.05, 0) is 43.7 Å². The van der Waals surface area contributed by atoms with Crippen LogP contribution >= 0.6 is 0 Å². The lowest BCUT2D eigenvalue weighted by Gasteiger charge is -2.13. The Morgan fingerprint density at radius 1 is 1.03 bits per heavy atom. The summed E-state index contributed by atoms with van der Waals surface area (Å²) in [6.07, 6.45) is 3.35. The van der Waals surface area contributed by atoms with Crippen molar-refractivity contribution in [1.29, 1.82) is 0 Å². The summed E-state index contributed by atoms with van der Waals surface area (Å²) in [4.78, 5) is 16.8. The Hall–Kier alpha value is -3.02. The van der Waals surface area contributed by atoms with Crippen LogP contribution in [0.4, 0.5) is 0 Å². The zero-order valence-corrected chi connectivity index (χ0v) is 17.7. The van der Waals surface area contributed by atoms with Crippen LogP contribution in [0.15, 0.2) is 59.6 Å². The van der Waals surface area contributed by atoms with Crippen molar-refractivity contribution in [3.05, 3.63) is 65.7 Å². The highest BCUT2D eigenvalue weighted by Gasteiger charge is 2.22. The van der Waals surface area contributed by atoms with E-state index in [9.17, 15) is 4.79 Å². The van der Waals surface area contributed by atoms with Crippen molar-refractivity contribution in [2.24, 2.45) is 10.9 Å². The molecule has 0 spiro atoms. The lowest BCUT2D eigenvalue weighted by molar-refractivity contribution is -0.119. The van der Waals surface area contributed by atoms with E-state index in [1.54, 1.807) is 0 Å². The van der Waals surface area contributed by atoms with Crippen LogP contribution < -0.4 is 20.7 Å². The Morgan fingerprint density at radius 2 is 1.80 bits per heavy atom. The third-order valence-electron chi connectivity index (χ3n) is 4.89. The number of carbonyl (C=O) groups is 1. The average Bonchev–Trinajstić information content (AvgIpc) is 3.60. The third kappa shape index (κ3) is 7.78. The average molecular weight is 409 g/mol. The maximum Gasteiger partial charge on any atom is 0.239 e. The fraction of sp³-hybridized carbons (Fsp3) is 0.417. The van der Waals surface area contributed by atoms with Crippen molar-refractivity contribution in [2.75, 3.05) is 26.2 Å². The van der Waals surface area contributed by atoms with Gasteiger partial charge >= 0.3 is 0 Å². The molecule has 1 aliphatic rings. The molecule has 0 radical (unpaired) electrons. The molecule has 160 valence electrons. The number of ether oxygens (including phenoxy) is 1. The van der Waals surface area contributed by atoms with E-state index in [-0.39, 0.29) is 12.5 Å². The molecule has 2 aromatic rings. The van der Waals surface area contributed by atoms with Gasteiger partial charge in [0.05, 0.1) is 19.7 Å². The van der Waals surface area contributed by atoms with Crippen LogP contribution in [-0.2, 0) is 17.8 Å². The summed E-state index contributed by atoms with van der Waals surface area (Å²) in [7, 11) is 0. The molecule has 2 aromatic carbocycles. The maximum atomic E-state index is 12.1. The summed E-state index contributed by atoms with van der Waals surface area (Å²) in [5.41, 5.74) is 2.26. The predicted molar refractivity (Wildman–Crippen MR) is 121 cm³/mol. The minimum atomic E-state index is -0.0512. The molecule has 0 aromatic heterocycles. The van der Waals surface area contributed by atoms with E-state index in [1.165, 1.54) is 18.4 Å². The van der Waals surface area contributed by atoms with Crippen LogP contribution in [0.3, 0.4) is 0 Å². The molecule has 0 heterocycles. The highest BCUT2D eigenvalue weighted by molar-refractivity contribution is 5.86. The highest BCUT2D eigenvalue weighted by atomic mass is 16.5. The first-order valence-electron chi connectivity index (χ1n) is 10.8. The summed E-state index contributed by atoms with van der Waals surface area (Å²) in [6, 6.07) is 18.1. The van der Waals surface area contributed by atoms with Crippen molar-refractivity contribution < 1.29 is 9.53 Å². The summed E-state index contributed by atoms with van der Waals surface area (Å²) >= 11 is 0. The summed E-state index contributed by atoms with van der Waals surface area (Å²) in [6.45, 7) is 4.80. The van der Waals surface area contributed by atoms with Crippen molar-refractivity contribution in [1.82, 2.24) is 16.0 Å². The molecule has 1 amide bonds. The SMILES string of the molecule is CCNC(=NCc1ccccc1OCC1CC1)NCC(=O)NCCc1ccccc1. The smallest absolute Gasteiger partial charge is 0.239 e. The van der Waals surface area contributed by atoms with Crippen molar-refractivity contribution in [2.45, 2.75) is 32.7 Å². The second-order valence-corrected chi connectivity index (χ2v) is 7.50. The molecular formula is C24H32N4O2. The molecule has 1 aliphatic carbocycles. The first kappa shape index (κ1) is 21.7. The molecule has 6 heteroatoms. The minimum absolute atomic E-state index is 0.0512. The fourth-order valence-electron chi connectivity index (χ4n) is 2.99. The van der Waals surface area contributed by atoms with Gasteiger partial charge < -0.3 is 20.7 Å². The molecule has 3 N–H and O–H groups in total. The van der Waals surface area contributed by atoms with Gasteiger partial charge in [0.25, 0.3) is 0 Å². The lowest BCUT2D eigenvalue weighted by atomic mass is 10.1. The van der Waals surface area contributed by atoms with Crippen LogP contribution in [0.25, 0.3) is 0 Å². The van der Waals surface area contributed by atoms with Crippen LogP contribution in [0.5, 0.6) is 5.75 Å². The topological polar surface area (TPSA) is 74.8 Å². The van der Waals surface area contributed by atoms with Crippen molar-refractivity contribution >= 4 is 11.9 Å². The first-order chi connectivity index (χ1) is 14.7. The molecule has 0 bridgehead atoms. The minimum Gasteiger partial charge on any atom is -0.493 e. The van der Waals surface area contributed by atoms with Gasteiger partial charge in [-0.3, -0.25) is 4.79 Å². The molecular weight excluding hydrogens is 376 g/mol. The Balaban J connectivity index is 1.45. The van der Waals surface area contributed by atoms with E-state index in [2.05, 4.69) is 33.1 Å². The first-order valence-corrected chi connectivity index (χ1v) is 10.8. The maximum absolute atomic E-state index is 12.1. The Labute approximate surface area is 179 Å². The number of nitrogens with one attached hydrogen (secondary N) is 3. The predicted octanol–water partition coefficient (Wildman–Crippen LogP) is 2.89. The second kappa shape index (κ2) is 11.9. The van der Waals surface area contributed by atoms with E-state index in [1.807, 2.05) is 49.4 Å². The molecule has 0 aliphatic heterocycles. The van der Waals surface area contributed by atoms with E-state index in [0.29, 0.717) is 25.0 Å². The van der Waals surface area contributed by atoms with Crippen molar-refractivity contribution in [3.63, 3.8) is 0 Å². The quantitative estimate of drug-likeness (QED) is 0.395. The van der Waals surface area contributed by atoms with Crippen molar-refractivity contribution in [3.8, 4) is 5.75 Å². The Kier molecular flexibility index (Phi) is 8.57. The number of nitrogens with zero attached hydrogens (tertiary/aromatic N) is 1. The van der Waals surface area contributed by atoms with E-state index < -0.39 is 0 Å². The largest absolute Gasteiger partial charge is 0.493 e. The van der Waals surface area contributed by atoms with Gasteiger partial charge in [-0.1, -0.05) is 48.5 Å². The molecule has 0 unspecified atom stereocenters. The normalized spacial score (nSPS) is 13.6. The lowest BCUT2D eigenvalue weighted by Crippen LogP contribution is -2.43. The number of hydrogen-bond acceptors (Lipinski definition) is 3. The molecule has 1 fully saturated rings. The fourth-order valence-corrected chi connectivity index (χ4v) is 2.99. The summed E-state index contributed by atoms with van der Waals surface area (Å²) < 4.78 is 5.96. The number of benzene rings is 2. The molecule has 0 atom stereocenters. The number of guanidine groups is 1. The van der Waals surface area contributed by atoms with Gasteiger partial charge in [-0.25, -0.2) is 4.99 Å². The summed E-state index contributed by atoms with van der Waals surface area (Å²) in [5, 5.41) is 9.23. The number of para-hydroxylation sites is 1. The molecule has 30 heavy (non-hydrogen) atoms. The van der Waals surface area contributed by atoms with Crippen LogP contribution in [0.2, 0.25) is 0 Å². The number of carbonyl (C=O) groups excluding carboxylic acids is 1. The number of hydrogen-bond donors (Lipinski definition) is 3. The number of amides is 1. The van der Waals surface area contributed by atoms with Gasteiger partial charge in [0.2, 0.25) is 5.91 Å². The van der Waals surface area contributed by atoms with E-state index in [4.69, 9.17) is 4.74 Å². The summed E-state index contributed by atoms with van der Waals surface area (Å²) in [5.74, 6) is 2.17. The van der Waals surface area contributed by atoms with Gasteiger partial charge in [-0.2, -0.15) is 0 Å². The third-order valence-corrected chi connectivity index (χ3v) is 4.89. The zero-order chi connectivity index (χ0) is 21.0. The Bertz CT molecular complexity index is 819. The Morgan fingerprint density at radius 3 is 2.57 bits per heavy atom. The van der Waals surface area contributed by atoms with E-state index in [0.717, 1.165) is 30.9 Å². The number of aliphatic imine (C=N–C) groups is 1. The highest BCUT2D eigenvalue weighted by Crippen LogP contribution is 2.30. The van der Waals surface area contributed by atoms with Gasteiger partial charge in [0, 0.05) is 18.7 Å². The van der Waals surface area contributed by atoms with Crippen LogP contribution in [-0.4, -0.2) is 38.1 Å². The second-order valence-electron chi connectivity index (χ2n) is 7.50. The monoisotopic (exact) mass is 408 g/mol. The van der Waals surface area contributed by atoms with Crippen LogP contribution in [0.1, 0.15) is 30.9 Å². The number of rotatable bonds is 11. The van der Waals surface area contributed by atoms with Crippen LogP contribution in [0, 0.1) is 5.92 Å². The van der Waals surface area contributed by atoms with E-state index >= 15 is 0 Å². The molecule has 1 saturated carbocycles. The molecule has 3 rings (SSSR count). The zero-order valence-electron chi connectivity index (χ0n) is 17.7. The van der Waals surface area contributed by atoms with Gasteiger partial charge in [0.15, 0.2) is 5.96 Å². The standard InChI is InChI=1S/C24H32N4O2/c1-2-25-24(28-17-23(29)26-15-14-19-8-4-3-5-9-19)27-16-21-10-6-7-11-22(21)30-18-20-12-13-20/h3-11,20H,2,12-18H2,1H3,(H,26,29)(H2,25,27,28). The van der Waals surface area contributed by atoms with Gasteiger partial charge in [-0.15, -0.1) is 0 Å². The van der Waals surface area contributed by atoms with Gasteiger partial charge in [0.1, 0.15) is 5.75 Å².